The van der Waals surface area contributed by atoms with Crippen LogP contribution in [0.15, 0.2) is 0 Å². The molecule has 2 radical (unpaired) electrons. The van der Waals surface area contributed by atoms with Gasteiger partial charge in [0.1, 0.15) is 0 Å². The fourth-order valence-corrected chi connectivity index (χ4v) is 3.28. The summed E-state index contributed by atoms with van der Waals surface area (Å²) < 4.78 is 11.5. The van der Waals surface area contributed by atoms with Crippen LogP contribution in [0.5, 0.6) is 0 Å². The van der Waals surface area contributed by atoms with Crippen LogP contribution in [-0.2, 0) is 9.16 Å². The summed E-state index contributed by atoms with van der Waals surface area (Å²) in [5, 5.41) is 0. The predicted molar refractivity (Wildman–Crippen MR) is 73.3 cm³/mol. The number of rotatable bonds is 7. The molecule has 1 aliphatic carbocycles. The maximum Gasteiger partial charge on any atom is 0.231 e. The molecule has 0 bridgehead atoms. The topological polar surface area (TPSA) is 18.5 Å². The second kappa shape index (κ2) is 8.28. The molecule has 0 aromatic heterocycles. The standard InChI is InChI=1S/C14H28O2Si/c1-5-16-17-9-8-15-14-10-12(4)6-7-13(14)11(2)3/h11-14H,5-10H2,1-4H3. The molecule has 0 N–H and O–H groups in total. The van der Waals surface area contributed by atoms with E-state index in [1.807, 2.05) is 6.92 Å². The molecule has 0 amide bonds. The van der Waals surface area contributed by atoms with Crippen molar-refractivity contribution in [1.29, 1.82) is 0 Å². The highest BCUT2D eigenvalue weighted by atomic mass is 28.2. The Labute approximate surface area is 109 Å². The van der Waals surface area contributed by atoms with E-state index in [1.54, 1.807) is 0 Å². The van der Waals surface area contributed by atoms with Gasteiger partial charge in [0.25, 0.3) is 0 Å². The van der Waals surface area contributed by atoms with Gasteiger partial charge in [0, 0.05) is 13.2 Å². The van der Waals surface area contributed by atoms with Crippen molar-refractivity contribution in [2.24, 2.45) is 17.8 Å². The second-order valence-electron chi connectivity index (χ2n) is 5.56. The molecule has 1 rings (SSSR count). The molecule has 0 aromatic rings. The molecule has 17 heavy (non-hydrogen) atoms. The quantitative estimate of drug-likeness (QED) is 0.512. The average molecular weight is 256 g/mol. The fourth-order valence-electron chi connectivity index (χ4n) is 2.73. The lowest BCUT2D eigenvalue weighted by Crippen LogP contribution is -2.34. The van der Waals surface area contributed by atoms with E-state index in [0.29, 0.717) is 15.9 Å². The minimum atomic E-state index is 0.491. The molecule has 1 fully saturated rings. The van der Waals surface area contributed by atoms with Crippen LogP contribution in [0.4, 0.5) is 0 Å². The van der Waals surface area contributed by atoms with Gasteiger partial charge in [-0.2, -0.15) is 0 Å². The minimum Gasteiger partial charge on any atom is -0.418 e. The molecule has 1 aliphatic rings. The van der Waals surface area contributed by atoms with E-state index >= 15 is 0 Å². The van der Waals surface area contributed by atoms with Gasteiger partial charge in [-0.25, -0.2) is 0 Å². The lowest BCUT2D eigenvalue weighted by molar-refractivity contribution is -0.0331. The lowest BCUT2D eigenvalue weighted by Gasteiger charge is -2.37. The molecule has 0 saturated heterocycles. The summed E-state index contributed by atoms with van der Waals surface area (Å²) in [7, 11) is 0.609. The summed E-state index contributed by atoms with van der Waals surface area (Å²) in [6.45, 7) is 10.8. The highest BCUT2D eigenvalue weighted by Crippen LogP contribution is 2.35. The third-order valence-electron chi connectivity index (χ3n) is 3.74. The normalized spacial score (nSPS) is 29.8. The van der Waals surface area contributed by atoms with Gasteiger partial charge < -0.3 is 9.16 Å². The Hall–Kier alpha value is 0.137. The monoisotopic (exact) mass is 256 g/mol. The van der Waals surface area contributed by atoms with Crippen LogP contribution < -0.4 is 0 Å². The van der Waals surface area contributed by atoms with E-state index in [2.05, 4.69) is 20.8 Å². The van der Waals surface area contributed by atoms with Crippen molar-refractivity contribution in [1.82, 2.24) is 0 Å². The number of hydrogen-bond acceptors (Lipinski definition) is 2. The average Bonchev–Trinajstić information content (AvgIpc) is 2.28. The van der Waals surface area contributed by atoms with E-state index < -0.39 is 0 Å². The van der Waals surface area contributed by atoms with Crippen LogP contribution >= 0.6 is 0 Å². The fraction of sp³-hybridized carbons (Fsp3) is 1.00. The molecule has 3 heteroatoms. The Morgan fingerprint density at radius 1 is 1.29 bits per heavy atom. The molecule has 0 aromatic carbocycles. The molecular weight excluding hydrogens is 228 g/mol. The van der Waals surface area contributed by atoms with Crippen LogP contribution in [0.1, 0.15) is 47.0 Å². The number of hydrogen-bond donors (Lipinski definition) is 0. The first kappa shape index (κ1) is 15.2. The van der Waals surface area contributed by atoms with Crippen LogP contribution in [0, 0.1) is 17.8 Å². The molecule has 0 aliphatic heterocycles. The van der Waals surface area contributed by atoms with Gasteiger partial charge in [0.2, 0.25) is 9.76 Å². The van der Waals surface area contributed by atoms with Crippen molar-refractivity contribution < 1.29 is 9.16 Å². The molecule has 100 valence electrons. The Balaban J connectivity index is 2.26. The van der Waals surface area contributed by atoms with Gasteiger partial charge in [-0.1, -0.05) is 27.2 Å². The Morgan fingerprint density at radius 2 is 2.06 bits per heavy atom. The predicted octanol–water partition coefficient (Wildman–Crippen LogP) is 3.54. The summed E-state index contributed by atoms with van der Waals surface area (Å²) in [6.07, 6.45) is 4.46. The van der Waals surface area contributed by atoms with Crippen molar-refractivity contribution in [3.63, 3.8) is 0 Å². The zero-order chi connectivity index (χ0) is 12.7. The Bertz CT molecular complexity index is 197. The van der Waals surface area contributed by atoms with Gasteiger partial charge in [-0.3, -0.25) is 0 Å². The molecule has 3 atom stereocenters. The maximum absolute atomic E-state index is 6.10. The highest BCUT2D eigenvalue weighted by Gasteiger charge is 2.31. The first-order chi connectivity index (χ1) is 8.15. The van der Waals surface area contributed by atoms with Crippen LogP contribution in [0.2, 0.25) is 6.04 Å². The Kier molecular flexibility index (Phi) is 7.40. The van der Waals surface area contributed by atoms with Crippen molar-refractivity contribution in [2.75, 3.05) is 13.2 Å². The molecule has 1 saturated carbocycles. The SMILES string of the molecule is CCO[Si]CCOC1CC(C)CCC1C(C)C. The summed E-state index contributed by atoms with van der Waals surface area (Å²) in [6, 6.07) is 1.06. The van der Waals surface area contributed by atoms with E-state index in [4.69, 9.17) is 9.16 Å². The van der Waals surface area contributed by atoms with E-state index in [1.165, 1.54) is 19.3 Å². The zero-order valence-electron chi connectivity index (χ0n) is 11.9. The van der Waals surface area contributed by atoms with Crippen LogP contribution in [0.3, 0.4) is 0 Å². The first-order valence-corrected chi connectivity index (χ1v) is 8.22. The van der Waals surface area contributed by atoms with Crippen molar-refractivity contribution in [3.05, 3.63) is 0 Å². The second-order valence-corrected chi connectivity index (χ2v) is 6.64. The minimum absolute atomic E-state index is 0.491. The first-order valence-electron chi connectivity index (χ1n) is 7.11. The molecule has 0 heterocycles. The summed E-state index contributed by atoms with van der Waals surface area (Å²) in [4.78, 5) is 0. The van der Waals surface area contributed by atoms with Gasteiger partial charge in [0.05, 0.1) is 6.10 Å². The van der Waals surface area contributed by atoms with Crippen molar-refractivity contribution in [3.8, 4) is 0 Å². The van der Waals surface area contributed by atoms with E-state index in [0.717, 1.165) is 37.0 Å². The van der Waals surface area contributed by atoms with Crippen LogP contribution in [0.25, 0.3) is 0 Å². The molecule has 3 unspecified atom stereocenters. The van der Waals surface area contributed by atoms with E-state index in [9.17, 15) is 0 Å². The highest BCUT2D eigenvalue weighted by molar-refractivity contribution is 6.27. The number of ether oxygens (including phenoxy) is 1. The third-order valence-corrected chi connectivity index (χ3v) is 4.64. The third kappa shape index (κ3) is 5.54. The smallest absolute Gasteiger partial charge is 0.231 e. The Morgan fingerprint density at radius 3 is 2.71 bits per heavy atom. The molecule has 2 nitrogen and oxygen atoms in total. The van der Waals surface area contributed by atoms with Crippen molar-refractivity contribution >= 4 is 9.76 Å². The summed E-state index contributed by atoms with van der Waals surface area (Å²) >= 11 is 0. The van der Waals surface area contributed by atoms with Gasteiger partial charge in [-0.15, -0.1) is 0 Å². The van der Waals surface area contributed by atoms with Gasteiger partial charge >= 0.3 is 0 Å². The zero-order valence-corrected chi connectivity index (χ0v) is 12.9. The van der Waals surface area contributed by atoms with Gasteiger partial charge in [-0.05, 0) is 43.6 Å². The lowest BCUT2D eigenvalue weighted by atomic mass is 9.75. The molecular formula is C14H28O2Si. The van der Waals surface area contributed by atoms with Gasteiger partial charge in [0.15, 0.2) is 0 Å². The molecule has 0 spiro atoms. The van der Waals surface area contributed by atoms with Crippen molar-refractivity contribution in [2.45, 2.75) is 59.1 Å². The maximum atomic E-state index is 6.10. The summed E-state index contributed by atoms with van der Waals surface area (Å²) in [5.41, 5.74) is 0. The largest absolute Gasteiger partial charge is 0.418 e. The summed E-state index contributed by atoms with van der Waals surface area (Å²) in [5.74, 6) is 2.35. The van der Waals surface area contributed by atoms with Crippen LogP contribution in [-0.4, -0.2) is 29.1 Å². The van der Waals surface area contributed by atoms with E-state index in [-0.39, 0.29) is 0 Å².